The lowest BCUT2D eigenvalue weighted by Gasteiger charge is -2.32. The van der Waals surface area contributed by atoms with Gasteiger partial charge in [0.1, 0.15) is 5.75 Å². The van der Waals surface area contributed by atoms with E-state index in [0.717, 1.165) is 6.26 Å². The third kappa shape index (κ3) is 4.08. The van der Waals surface area contributed by atoms with Crippen LogP contribution in [-0.4, -0.2) is 49.7 Å². The first-order valence-corrected chi connectivity index (χ1v) is 8.50. The Hall–Kier alpha value is -1.80. The van der Waals surface area contributed by atoms with Crippen LogP contribution in [0.5, 0.6) is 5.75 Å². The molecule has 1 aliphatic rings. The Labute approximate surface area is 123 Å². The molecular weight excluding hydrogens is 294 g/mol. The second kappa shape index (κ2) is 5.90. The van der Waals surface area contributed by atoms with E-state index in [1.165, 1.54) is 12.1 Å². The molecule has 1 saturated heterocycles. The van der Waals surface area contributed by atoms with Gasteiger partial charge in [-0.15, -0.1) is 0 Å². The lowest BCUT2D eigenvalue weighted by atomic mass is 10.0. The maximum absolute atomic E-state index is 12.3. The van der Waals surface area contributed by atoms with E-state index in [9.17, 15) is 18.3 Å². The van der Waals surface area contributed by atoms with Gasteiger partial charge in [0.25, 0.3) is 5.91 Å². The van der Waals surface area contributed by atoms with Crippen molar-refractivity contribution in [2.45, 2.75) is 18.9 Å². The molecule has 0 spiro atoms. The molecule has 7 nitrogen and oxygen atoms in total. The molecule has 1 fully saturated rings. The number of anilines is 1. The van der Waals surface area contributed by atoms with Gasteiger partial charge in [0.2, 0.25) is 10.0 Å². The smallest absolute Gasteiger partial charge is 0.253 e. The molecule has 4 N–H and O–H groups in total. The molecule has 0 saturated carbocycles. The number of piperidine rings is 1. The van der Waals surface area contributed by atoms with E-state index in [2.05, 4.69) is 4.72 Å². The molecule has 1 aromatic carbocycles. The van der Waals surface area contributed by atoms with Crippen molar-refractivity contribution in [3.8, 4) is 5.75 Å². The van der Waals surface area contributed by atoms with Gasteiger partial charge in [-0.3, -0.25) is 4.79 Å². The number of phenolic OH excluding ortho intramolecular Hbond substituents is 1. The van der Waals surface area contributed by atoms with Crippen molar-refractivity contribution in [1.29, 1.82) is 0 Å². The lowest BCUT2D eigenvalue weighted by molar-refractivity contribution is 0.0711. The molecule has 0 aliphatic carbocycles. The zero-order chi connectivity index (χ0) is 15.6. The Morgan fingerprint density at radius 2 is 2.00 bits per heavy atom. The van der Waals surface area contributed by atoms with Gasteiger partial charge in [-0.1, -0.05) is 0 Å². The second-order valence-corrected chi connectivity index (χ2v) is 7.01. The van der Waals surface area contributed by atoms with Crippen LogP contribution in [0.3, 0.4) is 0 Å². The number of carbonyl (C=O) groups is 1. The summed E-state index contributed by atoms with van der Waals surface area (Å²) in [5.74, 6) is -0.308. The fourth-order valence-electron chi connectivity index (χ4n) is 2.36. The minimum atomic E-state index is -3.22. The molecule has 1 aromatic rings. The number of hydrogen-bond donors (Lipinski definition) is 3. The van der Waals surface area contributed by atoms with Crippen LogP contribution in [-0.2, 0) is 10.0 Å². The number of hydrogen-bond acceptors (Lipinski definition) is 5. The molecule has 21 heavy (non-hydrogen) atoms. The molecule has 116 valence electrons. The van der Waals surface area contributed by atoms with Crippen LogP contribution in [0, 0.1) is 0 Å². The van der Waals surface area contributed by atoms with Crippen LogP contribution in [0.15, 0.2) is 18.2 Å². The van der Waals surface area contributed by atoms with Gasteiger partial charge in [-0.25, -0.2) is 13.1 Å². The van der Waals surface area contributed by atoms with E-state index in [1.54, 1.807) is 11.0 Å². The number of likely N-dealkylation sites (tertiary alicyclic amines) is 1. The van der Waals surface area contributed by atoms with Crippen molar-refractivity contribution >= 4 is 21.6 Å². The lowest BCUT2D eigenvalue weighted by Crippen LogP contribution is -2.46. The van der Waals surface area contributed by atoms with Crippen LogP contribution in [0.25, 0.3) is 0 Å². The molecule has 2 rings (SSSR count). The summed E-state index contributed by atoms with van der Waals surface area (Å²) < 4.78 is 24.9. The summed E-state index contributed by atoms with van der Waals surface area (Å²) in [7, 11) is -3.22. The first kappa shape index (κ1) is 15.6. The standard InChI is InChI=1S/C13H19N3O4S/c1-21(19,20)15-10-4-6-16(7-5-10)13(18)9-2-3-11(14)12(17)8-9/h2-3,8,10,15,17H,4-7,14H2,1H3. The maximum atomic E-state index is 12.3. The van der Waals surface area contributed by atoms with Crippen molar-refractivity contribution in [2.75, 3.05) is 25.1 Å². The predicted molar refractivity (Wildman–Crippen MR) is 79.4 cm³/mol. The van der Waals surface area contributed by atoms with Crippen molar-refractivity contribution in [1.82, 2.24) is 9.62 Å². The third-order valence-corrected chi connectivity index (χ3v) is 4.20. The molecule has 0 atom stereocenters. The Morgan fingerprint density at radius 1 is 1.38 bits per heavy atom. The first-order valence-electron chi connectivity index (χ1n) is 6.61. The van der Waals surface area contributed by atoms with Crippen LogP contribution < -0.4 is 10.5 Å². The second-order valence-electron chi connectivity index (χ2n) is 5.23. The van der Waals surface area contributed by atoms with E-state index >= 15 is 0 Å². The zero-order valence-corrected chi connectivity index (χ0v) is 12.6. The van der Waals surface area contributed by atoms with Crippen molar-refractivity contribution in [3.63, 3.8) is 0 Å². The van der Waals surface area contributed by atoms with Crippen molar-refractivity contribution in [3.05, 3.63) is 23.8 Å². The average molecular weight is 313 g/mol. The van der Waals surface area contributed by atoms with Gasteiger partial charge in [-0.05, 0) is 31.0 Å². The summed E-state index contributed by atoms with van der Waals surface area (Å²) >= 11 is 0. The number of nitrogens with zero attached hydrogens (tertiary/aromatic N) is 1. The summed E-state index contributed by atoms with van der Waals surface area (Å²) in [5, 5.41) is 9.54. The largest absolute Gasteiger partial charge is 0.506 e. The molecule has 0 radical (unpaired) electrons. The molecule has 0 unspecified atom stereocenters. The van der Waals surface area contributed by atoms with Crippen LogP contribution >= 0.6 is 0 Å². The zero-order valence-electron chi connectivity index (χ0n) is 11.7. The molecule has 1 heterocycles. The quantitative estimate of drug-likeness (QED) is 0.542. The highest BCUT2D eigenvalue weighted by molar-refractivity contribution is 7.88. The van der Waals surface area contributed by atoms with E-state index < -0.39 is 10.0 Å². The molecule has 1 amide bonds. The molecule has 0 aromatic heterocycles. The van der Waals surface area contributed by atoms with Gasteiger partial charge in [0.05, 0.1) is 11.9 Å². The summed E-state index contributed by atoms with van der Waals surface area (Å²) in [4.78, 5) is 13.9. The van der Waals surface area contributed by atoms with Gasteiger partial charge in [-0.2, -0.15) is 0 Å². The first-order chi connectivity index (χ1) is 9.76. The SMILES string of the molecule is CS(=O)(=O)NC1CCN(C(=O)c2ccc(N)c(O)c2)CC1. The Balaban J connectivity index is 1.98. The number of nitrogen functional groups attached to an aromatic ring is 1. The number of phenols is 1. The van der Waals surface area contributed by atoms with Crippen molar-refractivity contribution in [2.24, 2.45) is 0 Å². The maximum Gasteiger partial charge on any atom is 0.253 e. The number of sulfonamides is 1. The number of rotatable bonds is 3. The summed E-state index contributed by atoms with van der Waals surface area (Å²) in [5.41, 5.74) is 6.10. The number of amides is 1. The minimum absolute atomic E-state index is 0.116. The summed E-state index contributed by atoms with van der Waals surface area (Å²) in [6.45, 7) is 0.939. The fourth-order valence-corrected chi connectivity index (χ4v) is 3.20. The minimum Gasteiger partial charge on any atom is -0.506 e. The number of nitrogens with two attached hydrogens (primary N) is 1. The number of carbonyl (C=O) groups excluding carboxylic acids is 1. The van der Waals surface area contributed by atoms with Crippen LogP contribution in [0.1, 0.15) is 23.2 Å². The summed E-state index contributed by atoms with van der Waals surface area (Å²) in [6.07, 6.45) is 2.27. The predicted octanol–water partition coefficient (Wildman–Crippen LogP) is 0.128. The molecule has 1 aliphatic heterocycles. The number of aromatic hydroxyl groups is 1. The Bertz CT molecular complexity index is 637. The van der Waals surface area contributed by atoms with Gasteiger partial charge in [0.15, 0.2) is 0 Å². The van der Waals surface area contributed by atoms with Gasteiger partial charge >= 0.3 is 0 Å². The van der Waals surface area contributed by atoms with Gasteiger partial charge < -0.3 is 15.7 Å². The highest BCUT2D eigenvalue weighted by Gasteiger charge is 2.25. The number of nitrogens with one attached hydrogen (secondary N) is 1. The monoisotopic (exact) mass is 313 g/mol. The van der Waals surface area contributed by atoms with Gasteiger partial charge in [0, 0.05) is 24.7 Å². The van der Waals surface area contributed by atoms with E-state index in [-0.39, 0.29) is 23.4 Å². The highest BCUT2D eigenvalue weighted by Crippen LogP contribution is 2.22. The third-order valence-electron chi connectivity index (χ3n) is 3.44. The molecule has 0 bridgehead atoms. The van der Waals surface area contributed by atoms with Crippen LogP contribution in [0.4, 0.5) is 5.69 Å². The molecular formula is C13H19N3O4S. The number of benzene rings is 1. The normalized spacial score (nSPS) is 16.9. The molecule has 8 heteroatoms. The van der Waals surface area contributed by atoms with Crippen molar-refractivity contribution < 1.29 is 18.3 Å². The Morgan fingerprint density at radius 3 is 2.52 bits per heavy atom. The van der Waals surface area contributed by atoms with E-state index in [4.69, 9.17) is 5.73 Å². The van der Waals surface area contributed by atoms with E-state index in [0.29, 0.717) is 31.5 Å². The topological polar surface area (TPSA) is 113 Å². The Kier molecular flexibility index (Phi) is 4.38. The van der Waals surface area contributed by atoms with Crippen LogP contribution in [0.2, 0.25) is 0 Å². The fraction of sp³-hybridized carbons (Fsp3) is 0.462. The average Bonchev–Trinajstić information content (AvgIpc) is 2.40. The summed E-state index contributed by atoms with van der Waals surface area (Å²) in [6, 6.07) is 4.26. The van der Waals surface area contributed by atoms with E-state index in [1.807, 2.05) is 0 Å². The highest BCUT2D eigenvalue weighted by atomic mass is 32.2.